The monoisotopic (exact) mass is 368 g/mol. The maximum absolute atomic E-state index is 12.3. The van der Waals surface area contributed by atoms with Crippen LogP contribution in [-0.2, 0) is 9.53 Å². The average Bonchev–Trinajstić information content (AvgIpc) is 2.61. The summed E-state index contributed by atoms with van der Waals surface area (Å²) in [5.41, 5.74) is 2.47. The molecule has 0 radical (unpaired) electrons. The first-order chi connectivity index (χ1) is 11.6. The Balaban J connectivity index is 0.00000225. The standard InChI is InChI=1S/C19H28N2O3.ClH/c1-13-3-5-16(11-14(13)2)23-9-8-21-19(22)15-4-6-18-17(12-15)20-7-10-24-18;/h3,5,11,15,17-18,20H,4,6-10,12H2,1-2H3,(H,21,22);1H/t15-,17+,18+;/m0./s1. The normalized spacial score (nSPS) is 25.4. The number of fused-ring (bicyclic) bond motifs is 1. The Hall–Kier alpha value is -1.30. The SMILES string of the molecule is Cc1ccc(OCCNC(=O)[C@H]2CC[C@H]3OCCN[C@@H]3C2)cc1C.Cl. The highest BCUT2D eigenvalue weighted by atomic mass is 35.5. The Labute approximate surface area is 156 Å². The number of hydrogen-bond acceptors (Lipinski definition) is 4. The minimum absolute atomic E-state index is 0. The summed E-state index contributed by atoms with van der Waals surface area (Å²) >= 11 is 0. The van der Waals surface area contributed by atoms with Crippen molar-refractivity contribution < 1.29 is 14.3 Å². The minimum Gasteiger partial charge on any atom is -0.492 e. The molecule has 0 aromatic heterocycles. The largest absolute Gasteiger partial charge is 0.492 e. The second-order valence-corrected chi connectivity index (χ2v) is 6.87. The smallest absolute Gasteiger partial charge is 0.223 e. The van der Waals surface area contributed by atoms with E-state index >= 15 is 0 Å². The molecule has 3 atom stereocenters. The molecule has 5 nitrogen and oxygen atoms in total. The van der Waals surface area contributed by atoms with Crippen molar-refractivity contribution in [2.75, 3.05) is 26.3 Å². The topological polar surface area (TPSA) is 59.6 Å². The fourth-order valence-corrected chi connectivity index (χ4v) is 3.54. The van der Waals surface area contributed by atoms with Gasteiger partial charge in [-0.05, 0) is 56.4 Å². The number of hydrogen-bond donors (Lipinski definition) is 2. The zero-order valence-electron chi connectivity index (χ0n) is 15.0. The lowest BCUT2D eigenvalue weighted by atomic mass is 9.82. The van der Waals surface area contributed by atoms with Crippen molar-refractivity contribution in [2.24, 2.45) is 5.92 Å². The van der Waals surface area contributed by atoms with Gasteiger partial charge in [-0.15, -0.1) is 12.4 Å². The summed E-state index contributed by atoms with van der Waals surface area (Å²) < 4.78 is 11.5. The third-order valence-electron chi connectivity index (χ3n) is 5.15. The van der Waals surface area contributed by atoms with Gasteiger partial charge in [0.05, 0.1) is 19.3 Å². The molecule has 6 heteroatoms. The lowest BCUT2D eigenvalue weighted by Crippen LogP contribution is -2.53. The highest BCUT2D eigenvalue weighted by Gasteiger charge is 2.35. The average molecular weight is 369 g/mol. The van der Waals surface area contributed by atoms with Gasteiger partial charge in [0.25, 0.3) is 0 Å². The molecule has 0 spiro atoms. The van der Waals surface area contributed by atoms with Crippen LogP contribution < -0.4 is 15.4 Å². The van der Waals surface area contributed by atoms with Crippen LogP contribution in [0.3, 0.4) is 0 Å². The van der Waals surface area contributed by atoms with Crippen LogP contribution in [-0.4, -0.2) is 44.4 Å². The van der Waals surface area contributed by atoms with E-state index in [4.69, 9.17) is 9.47 Å². The number of morpholine rings is 1. The summed E-state index contributed by atoms with van der Waals surface area (Å²) in [6, 6.07) is 6.39. The first-order valence-corrected chi connectivity index (χ1v) is 8.96. The number of nitrogens with one attached hydrogen (secondary N) is 2. The summed E-state index contributed by atoms with van der Waals surface area (Å²) in [5.74, 6) is 1.09. The summed E-state index contributed by atoms with van der Waals surface area (Å²) in [4.78, 5) is 12.3. The van der Waals surface area contributed by atoms with Crippen LogP contribution in [0.1, 0.15) is 30.4 Å². The van der Waals surface area contributed by atoms with Crippen molar-refractivity contribution in [3.05, 3.63) is 29.3 Å². The van der Waals surface area contributed by atoms with E-state index in [2.05, 4.69) is 30.5 Å². The van der Waals surface area contributed by atoms with Gasteiger partial charge < -0.3 is 20.1 Å². The maximum atomic E-state index is 12.3. The van der Waals surface area contributed by atoms with Gasteiger partial charge >= 0.3 is 0 Å². The van der Waals surface area contributed by atoms with Gasteiger partial charge in [-0.1, -0.05) is 6.07 Å². The molecule has 1 aromatic rings. The molecule has 2 fully saturated rings. The van der Waals surface area contributed by atoms with E-state index in [1.54, 1.807) is 0 Å². The quantitative estimate of drug-likeness (QED) is 0.783. The predicted molar refractivity (Wildman–Crippen MR) is 101 cm³/mol. The van der Waals surface area contributed by atoms with Crippen LogP contribution in [0.25, 0.3) is 0 Å². The van der Waals surface area contributed by atoms with Gasteiger partial charge in [0.2, 0.25) is 5.91 Å². The Morgan fingerprint density at radius 3 is 2.96 bits per heavy atom. The molecule has 140 valence electrons. The van der Waals surface area contributed by atoms with E-state index < -0.39 is 0 Å². The number of ether oxygens (including phenoxy) is 2. The van der Waals surface area contributed by atoms with Crippen molar-refractivity contribution in [1.29, 1.82) is 0 Å². The first-order valence-electron chi connectivity index (χ1n) is 8.96. The number of benzene rings is 1. The molecule has 25 heavy (non-hydrogen) atoms. The molecule has 2 N–H and O–H groups in total. The predicted octanol–water partition coefficient (Wildman–Crippen LogP) is 2.38. The highest BCUT2D eigenvalue weighted by molar-refractivity contribution is 5.85. The van der Waals surface area contributed by atoms with E-state index in [9.17, 15) is 4.79 Å². The minimum atomic E-state index is 0. The number of halogens is 1. The lowest BCUT2D eigenvalue weighted by molar-refractivity contribution is -0.128. The van der Waals surface area contributed by atoms with Crippen molar-refractivity contribution in [2.45, 2.75) is 45.3 Å². The molecule has 1 heterocycles. The van der Waals surface area contributed by atoms with Gasteiger partial charge in [-0.3, -0.25) is 4.79 Å². The molecule has 2 aliphatic rings. The van der Waals surface area contributed by atoms with Gasteiger partial charge in [0, 0.05) is 18.5 Å². The lowest BCUT2D eigenvalue weighted by Gasteiger charge is -2.39. The van der Waals surface area contributed by atoms with Gasteiger partial charge in [-0.25, -0.2) is 0 Å². The van der Waals surface area contributed by atoms with E-state index in [1.807, 2.05) is 12.1 Å². The van der Waals surface area contributed by atoms with E-state index in [0.29, 0.717) is 19.2 Å². The molecule has 1 aliphatic carbocycles. The van der Waals surface area contributed by atoms with Crippen LogP contribution in [0.15, 0.2) is 18.2 Å². The highest BCUT2D eigenvalue weighted by Crippen LogP contribution is 2.28. The Morgan fingerprint density at radius 1 is 1.32 bits per heavy atom. The van der Waals surface area contributed by atoms with E-state index in [0.717, 1.165) is 38.2 Å². The van der Waals surface area contributed by atoms with E-state index in [-0.39, 0.29) is 30.3 Å². The number of carbonyl (C=O) groups excluding carboxylic acids is 1. The Morgan fingerprint density at radius 2 is 2.16 bits per heavy atom. The number of carbonyl (C=O) groups is 1. The summed E-state index contributed by atoms with van der Waals surface area (Å²) in [6.07, 6.45) is 3.03. The molecular formula is C19H29ClN2O3. The second kappa shape index (κ2) is 9.41. The number of aryl methyl sites for hydroxylation is 2. The number of amides is 1. The van der Waals surface area contributed by atoms with Crippen LogP contribution in [0.4, 0.5) is 0 Å². The molecule has 1 aromatic carbocycles. The fraction of sp³-hybridized carbons (Fsp3) is 0.632. The van der Waals surface area contributed by atoms with Crippen molar-refractivity contribution in [3.63, 3.8) is 0 Å². The van der Waals surface area contributed by atoms with Crippen LogP contribution in [0.5, 0.6) is 5.75 Å². The third kappa shape index (κ3) is 5.33. The Bertz CT molecular complexity index is 582. The second-order valence-electron chi connectivity index (χ2n) is 6.87. The summed E-state index contributed by atoms with van der Waals surface area (Å²) in [6.45, 7) is 6.87. The van der Waals surface area contributed by atoms with E-state index in [1.165, 1.54) is 11.1 Å². The van der Waals surface area contributed by atoms with Crippen molar-refractivity contribution in [1.82, 2.24) is 10.6 Å². The van der Waals surface area contributed by atoms with Crippen LogP contribution in [0.2, 0.25) is 0 Å². The van der Waals surface area contributed by atoms with Crippen molar-refractivity contribution >= 4 is 18.3 Å². The molecule has 1 aliphatic heterocycles. The van der Waals surface area contributed by atoms with Gasteiger partial charge in [0.15, 0.2) is 0 Å². The van der Waals surface area contributed by atoms with Crippen molar-refractivity contribution in [3.8, 4) is 5.75 Å². The molecule has 0 unspecified atom stereocenters. The molecule has 1 saturated carbocycles. The fourth-order valence-electron chi connectivity index (χ4n) is 3.54. The molecule has 3 rings (SSSR count). The summed E-state index contributed by atoms with van der Waals surface area (Å²) in [7, 11) is 0. The molecule has 1 saturated heterocycles. The summed E-state index contributed by atoms with van der Waals surface area (Å²) in [5, 5.41) is 6.49. The zero-order chi connectivity index (χ0) is 16.9. The molecular weight excluding hydrogens is 340 g/mol. The molecule has 0 bridgehead atoms. The zero-order valence-corrected chi connectivity index (χ0v) is 15.9. The number of rotatable bonds is 5. The van der Waals surface area contributed by atoms with Gasteiger partial charge in [0.1, 0.15) is 12.4 Å². The maximum Gasteiger partial charge on any atom is 0.223 e. The first kappa shape index (κ1) is 20.0. The van der Waals surface area contributed by atoms with Crippen LogP contribution in [0, 0.1) is 19.8 Å². The van der Waals surface area contributed by atoms with Gasteiger partial charge in [-0.2, -0.15) is 0 Å². The third-order valence-corrected chi connectivity index (χ3v) is 5.15. The van der Waals surface area contributed by atoms with Crippen LogP contribution >= 0.6 is 12.4 Å². The molecule has 1 amide bonds. The Kier molecular flexibility index (Phi) is 7.54.